The summed E-state index contributed by atoms with van der Waals surface area (Å²) in [5.74, 6) is 0.395. The maximum absolute atomic E-state index is 13.8. The minimum atomic E-state index is -0.384. The Labute approximate surface area is 200 Å². The summed E-state index contributed by atoms with van der Waals surface area (Å²) in [6.45, 7) is 4.29. The Morgan fingerprint density at radius 2 is 1.50 bits per heavy atom. The van der Waals surface area contributed by atoms with Crippen molar-refractivity contribution in [2.45, 2.75) is 26.5 Å². The molecule has 0 saturated carbocycles. The highest BCUT2D eigenvalue weighted by Gasteiger charge is 2.42. The second-order valence-electron chi connectivity index (χ2n) is 8.37. The van der Waals surface area contributed by atoms with Gasteiger partial charge in [0.2, 0.25) is 0 Å². The first-order valence-electron chi connectivity index (χ1n) is 11.2. The van der Waals surface area contributed by atoms with Crippen molar-refractivity contribution in [3.8, 4) is 11.5 Å². The highest BCUT2D eigenvalue weighted by Crippen LogP contribution is 2.39. The molecule has 6 heteroatoms. The van der Waals surface area contributed by atoms with Gasteiger partial charge in [-0.15, -0.1) is 0 Å². The van der Waals surface area contributed by atoms with E-state index in [-0.39, 0.29) is 17.9 Å². The Bertz CT molecular complexity index is 1220. The zero-order valence-corrected chi connectivity index (χ0v) is 19.8. The van der Waals surface area contributed by atoms with Crippen molar-refractivity contribution in [3.63, 3.8) is 0 Å². The number of rotatable bonds is 8. The van der Waals surface area contributed by atoms with Crippen LogP contribution in [0, 0.1) is 0 Å². The number of para-hydroxylation sites is 2. The Morgan fingerprint density at radius 1 is 0.853 bits per heavy atom. The molecular formula is C28H28N2O4. The highest BCUT2D eigenvalue weighted by molar-refractivity contribution is 6.45. The van der Waals surface area contributed by atoms with Gasteiger partial charge >= 0.3 is 0 Å². The predicted molar refractivity (Wildman–Crippen MR) is 133 cm³/mol. The summed E-state index contributed by atoms with van der Waals surface area (Å²) < 4.78 is 11.2. The molecule has 0 saturated heterocycles. The van der Waals surface area contributed by atoms with Gasteiger partial charge in [0.05, 0.1) is 24.5 Å². The third kappa shape index (κ3) is 4.53. The molecule has 174 valence electrons. The molecule has 0 bridgehead atoms. The number of imide groups is 1. The van der Waals surface area contributed by atoms with Crippen LogP contribution in [0.2, 0.25) is 0 Å². The summed E-state index contributed by atoms with van der Waals surface area (Å²) >= 11 is 0. The maximum atomic E-state index is 13.8. The Hall–Kier alpha value is -4.06. The molecule has 1 heterocycles. The van der Waals surface area contributed by atoms with Crippen LogP contribution in [-0.2, 0) is 16.1 Å². The monoisotopic (exact) mass is 456 g/mol. The molecule has 0 aromatic heterocycles. The molecule has 1 aliphatic rings. The van der Waals surface area contributed by atoms with Crippen LogP contribution >= 0.6 is 0 Å². The summed E-state index contributed by atoms with van der Waals surface area (Å²) in [6, 6.07) is 24.1. The van der Waals surface area contributed by atoms with Gasteiger partial charge in [0.15, 0.2) is 0 Å². The second-order valence-corrected chi connectivity index (χ2v) is 8.37. The Morgan fingerprint density at radius 3 is 2.15 bits per heavy atom. The van der Waals surface area contributed by atoms with E-state index in [2.05, 4.69) is 0 Å². The van der Waals surface area contributed by atoms with Crippen molar-refractivity contribution in [2.24, 2.45) is 0 Å². The van der Waals surface area contributed by atoms with E-state index in [0.29, 0.717) is 40.6 Å². The third-order valence-corrected chi connectivity index (χ3v) is 5.55. The fourth-order valence-electron chi connectivity index (χ4n) is 4.04. The van der Waals surface area contributed by atoms with Crippen molar-refractivity contribution >= 4 is 23.1 Å². The van der Waals surface area contributed by atoms with Crippen LogP contribution in [0.3, 0.4) is 0 Å². The van der Waals surface area contributed by atoms with E-state index in [1.165, 1.54) is 4.90 Å². The lowest BCUT2D eigenvalue weighted by Crippen LogP contribution is -2.34. The zero-order chi connectivity index (χ0) is 24.2. The number of likely N-dealkylation sites (N-methyl/N-ethyl adjacent to an activating group) is 1. The average molecular weight is 457 g/mol. The second kappa shape index (κ2) is 9.83. The van der Waals surface area contributed by atoms with Crippen LogP contribution in [-0.4, -0.2) is 37.0 Å². The van der Waals surface area contributed by atoms with E-state index >= 15 is 0 Å². The molecule has 0 spiro atoms. The number of anilines is 1. The largest absolute Gasteiger partial charge is 0.497 e. The van der Waals surface area contributed by atoms with Crippen molar-refractivity contribution in [1.82, 2.24) is 4.90 Å². The minimum Gasteiger partial charge on any atom is -0.497 e. The number of carbonyl (C=O) groups excluding carboxylic acids is 2. The number of hydrogen-bond acceptors (Lipinski definition) is 5. The lowest BCUT2D eigenvalue weighted by Gasteiger charge is -2.23. The van der Waals surface area contributed by atoms with Gasteiger partial charge in [-0.2, -0.15) is 0 Å². The summed E-state index contributed by atoms with van der Waals surface area (Å²) in [7, 11) is 3.42. The summed E-state index contributed by atoms with van der Waals surface area (Å²) in [4.78, 5) is 30.7. The highest BCUT2D eigenvalue weighted by atomic mass is 16.5. The van der Waals surface area contributed by atoms with Crippen LogP contribution in [0.15, 0.2) is 84.6 Å². The van der Waals surface area contributed by atoms with Crippen molar-refractivity contribution in [2.75, 3.05) is 19.1 Å². The number of methoxy groups -OCH3 is 1. The van der Waals surface area contributed by atoms with Crippen molar-refractivity contribution in [1.29, 1.82) is 0 Å². The molecule has 3 aromatic rings. The molecule has 0 fully saturated rings. The summed E-state index contributed by atoms with van der Waals surface area (Å²) in [5.41, 5.74) is 2.82. The molecule has 0 atom stereocenters. The zero-order valence-electron chi connectivity index (χ0n) is 19.8. The van der Waals surface area contributed by atoms with Crippen LogP contribution in [0.5, 0.6) is 11.5 Å². The van der Waals surface area contributed by atoms with Crippen molar-refractivity contribution < 1.29 is 19.1 Å². The molecule has 34 heavy (non-hydrogen) atoms. The topological polar surface area (TPSA) is 59.1 Å². The van der Waals surface area contributed by atoms with Crippen LogP contribution in [0.4, 0.5) is 5.69 Å². The summed E-state index contributed by atoms with van der Waals surface area (Å²) in [5, 5.41) is 0. The first-order chi connectivity index (χ1) is 16.4. The van der Waals surface area contributed by atoms with Gasteiger partial charge in [0.1, 0.15) is 17.2 Å². The van der Waals surface area contributed by atoms with Gasteiger partial charge in [-0.25, -0.2) is 4.90 Å². The van der Waals surface area contributed by atoms with Crippen LogP contribution in [0.25, 0.3) is 5.57 Å². The number of nitrogens with zero attached hydrogens (tertiary/aromatic N) is 2. The van der Waals surface area contributed by atoms with Crippen LogP contribution in [0.1, 0.15) is 25.0 Å². The first kappa shape index (κ1) is 23.1. The molecule has 0 aliphatic carbocycles. The summed E-state index contributed by atoms with van der Waals surface area (Å²) in [6.07, 6.45) is -0.108. The quantitative estimate of drug-likeness (QED) is 0.451. The number of benzene rings is 3. The number of carbonyl (C=O) groups is 2. The van der Waals surface area contributed by atoms with Gasteiger partial charge in [0, 0.05) is 13.6 Å². The van der Waals surface area contributed by atoms with E-state index in [1.54, 1.807) is 49.6 Å². The number of hydrogen-bond donors (Lipinski definition) is 0. The predicted octanol–water partition coefficient (Wildman–Crippen LogP) is 4.90. The molecule has 0 N–H and O–H groups in total. The lowest BCUT2D eigenvalue weighted by molar-refractivity contribution is -0.120. The van der Waals surface area contributed by atoms with Crippen LogP contribution < -0.4 is 14.4 Å². The van der Waals surface area contributed by atoms with E-state index in [4.69, 9.17) is 9.47 Å². The molecule has 1 aliphatic heterocycles. The molecule has 6 nitrogen and oxygen atoms in total. The SMILES string of the molecule is COc1ccc(C2=C(N(C)Cc3ccccc3)C(=O)N(c3ccccc3OC(C)C)C2=O)cc1. The maximum Gasteiger partial charge on any atom is 0.282 e. The minimum absolute atomic E-state index is 0.108. The molecule has 3 aromatic carbocycles. The normalized spacial score (nSPS) is 13.6. The van der Waals surface area contributed by atoms with E-state index in [0.717, 1.165) is 5.56 Å². The van der Waals surface area contributed by atoms with Gasteiger partial charge in [0.25, 0.3) is 11.8 Å². The lowest BCUT2D eigenvalue weighted by atomic mass is 10.0. The van der Waals surface area contributed by atoms with E-state index in [9.17, 15) is 9.59 Å². The Kier molecular flexibility index (Phi) is 6.68. The van der Waals surface area contributed by atoms with Gasteiger partial charge in [-0.05, 0) is 49.2 Å². The van der Waals surface area contributed by atoms with E-state index < -0.39 is 0 Å². The molecule has 0 unspecified atom stereocenters. The smallest absolute Gasteiger partial charge is 0.282 e. The fourth-order valence-corrected chi connectivity index (χ4v) is 4.04. The fraction of sp³-hybridized carbons (Fsp3) is 0.214. The third-order valence-electron chi connectivity index (χ3n) is 5.55. The number of ether oxygens (including phenoxy) is 2. The Balaban J connectivity index is 1.80. The molecule has 2 amide bonds. The van der Waals surface area contributed by atoms with Gasteiger partial charge < -0.3 is 14.4 Å². The van der Waals surface area contributed by atoms with Gasteiger partial charge in [-0.3, -0.25) is 9.59 Å². The standard InChI is InChI=1S/C28H28N2O4/c1-19(2)34-24-13-9-8-12-23(24)30-27(31)25(21-14-16-22(33-4)17-15-21)26(28(30)32)29(3)18-20-10-6-5-7-11-20/h5-17,19H,18H2,1-4H3. The molecule has 0 radical (unpaired) electrons. The average Bonchev–Trinajstić information content (AvgIpc) is 3.09. The molecule has 4 rings (SSSR count). The van der Waals surface area contributed by atoms with E-state index in [1.807, 2.05) is 62.2 Å². The van der Waals surface area contributed by atoms with Crippen molar-refractivity contribution in [3.05, 3.63) is 95.7 Å². The molecular weight excluding hydrogens is 428 g/mol. The van der Waals surface area contributed by atoms with Gasteiger partial charge in [-0.1, -0.05) is 54.6 Å². The first-order valence-corrected chi connectivity index (χ1v) is 11.2. The number of amides is 2.